The second-order valence-corrected chi connectivity index (χ2v) is 8.36. The second-order valence-electron chi connectivity index (χ2n) is 8.36. The minimum atomic E-state index is -1.18. The smallest absolute Gasteiger partial charge is 0.344 e. The maximum absolute atomic E-state index is 13.2. The Labute approximate surface area is 193 Å². The van der Waals surface area contributed by atoms with Crippen LogP contribution in [0.1, 0.15) is 50.3 Å². The van der Waals surface area contributed by atoms with Crippen molar-refractivity contribution in [3.63, 3.8) is 0 Å². The number of hydrazine groups is 1. The molecule has 2 saturated heterocycles. The number of likely N-dealkylation sites (tertiary alicyclic amines) is 1. The average molecular weight is 451 g/mol. The third-order valence-electron chi connectivity index (χ3n) is 6.41. The highest BCUT2D eigenvalue weighted by Gasteiger charge is 2.52. The predicted octanol–water partition coefficient (Wildman–Crippen LogP) is 3.11. The molecule has 0 aromatic heterocycles. The molecule has 2 aliphatic rings. The molecule has 2 aliphatic heterocycles. The molecule has 2 aromatic carbocycles. The lowest BCUT2D eigenvalue weighted by Gasteiger charge is -2.27. The number of hydrogen-bond acceptors (Lipinski definition) is 5. The number of carbonyl (C=O) groups is 3. The van der Waals surface area contributed by atoms with Crippen LogP contribution >= 0.6 is 0 Å². The summed E-state index contributed by atoms with van der Waals surface area (Å²) in [6, 6.07) is 16.5. The van der Waals surface area contributed by atoms with Crippen LogP contribution in [-0.2, 0) is 15.1 Å². The van der Waals surface area contributed by atoms with Gasteiger partial charge in [-0.1, -0.05) is 49.4 Å². The van der Waals surface area contributed by atoms with E-state index in [0.29, 0.717) is 18.6 Å². The number of rotatable bonds is 8. The molecule has 2 heterocycles. The molecule has 0 radical (unpaired) electrons. The third kappa shape index (κ3) is 4.43. The summed E-state index contributed by atoms with van der Waals surface area (Å²) in [5, 5.41) is 3.60. The first-order chi connectivity index (χ1) is 16.0. The zero-order valence-electron chi connectivity index (χ0n) is 19.0. The van der Waals surface area contributed by atoms with Gasteiger partial charge in [0.25, 0.3) is 11.8 Å². The number of carbonyl (C=O) groups excluding carboxylic acids is 3. The van der Waals surface area contributed by atoms with Crippen molar-refractivity contribution in [1.29, 1.82) is 0 Å². The van der Waals surface area contributed by atoms with E-state index in [1.807, 2.05) is 56.3 Å². The normalized spacial score (nSPS) is 23.0. The van der Waals surface area contributed by atoms with Crippen LogP contribution in [0.15, 0.2) is 54.6 Å². The molecule has 4 rings (SSSR count). The number of hydrogen-bond donors (Lipinski definition) is 2. The SMILES string of the molecule is CCOc1ccc(C2CCCN2CC(=O)NN2C(=O)NC(CC)(c3ccccc3)C2=O)cc1. The van der Waals surface area contributed by atoms with Gasteiger partial charge in [-0.25, -0.2) is 4.79 Å². The number of urea groups is 1. The maximum Gasteiger partial charge on any atom is 0.344 e. The fraction of sp³-hybridized carbons (Fsp3) is 0.400. The summed E-state index contributed by atoms with van der Waals surface area (Å²) in [6.45, 7) is 5.26. The monoisotopic (exact) mass is 450 g/mol. The van der Waals surface area contributed by atoms with E-state index in [2.05, 4.69) is 15.6 Å². The molecule has 0 bridgehead atoms. The Hall–Kier alpha value is -3.39. The van der Waals surface area contributed by atoms with Crippen LogP contribution in [-0.4, -0.2) is 47.5 Å². The van der Waals surface area contributed by atoms with Gasteiger partial charge in [-0.3, -0.25) is 19.9 Å². The van der Waals surface area contributed by atoms with Gasteiger partial charge in [0.15, 0.2) is 0 Å². The van der Waals surface area contributed by atoms with Crippen molar-refractivity contribution < 1.29 is 19.1 Å². The molecule has 0 aliphatic carbocycles. The van der Waals surface area contributed by atoms with Gasteiger partial charge in [-0.05, 0) is 56.0 Å². The van der Waals surface area contributed by atoms with Crippen molar-refractivity contribution >= 4 is 17.8 Å². The van der Waals surface area contributed by atoms with Crippen LogP contribution in [0.25, 0.3) is 0 Å². The lowest BCUT2D eigenvalue weighted by molar-refractivity contribution is -0.140. The van der Waals surface area contributed by atoms with Crippen molar-refractivity contribution in [2.24, 2.45) is 0 Å². The van der Waals surface area contributed by atoms with E-state index in [1.165, 1.54) is 0 Å². The number of ether oxygens (including phenoxy) is 1. The molecule has 2 aromatic rings. The number of amides is 4. The minimum absolute atomic E-state index is 0.0966. The summed E-state index contributed by atoms with van der Waals surface area (Å²) in [4.78, 5) is 40.8. The summed E-state index contributed by atoms with van der Waals surface area (Å²) in [7, 11) is 0. The molecule has 2 unspecified atom stereocenters. The molecule has 8 nitrogen and oxygen atoms in total. The number of nitrogens with zero attached hydrogens (tertiary/aromatic N) is 2. The molecule has 2 fully saturated rings. The fourth-order valence-corrected chi connectivity index (χ4v) is 4.73. The Morgan fingerprint density at radius 3 is 2.52 bits per heavy atom. The first kappa shape index (κ1) is 22.8. The van der Waals surface area contributed by atoms with Crippen LogP contribution in [0, 0.1) is 0 Å². The van der Waals surface area contributed by atoms with Gasteiger partial charge in [0.1, 0.15) is 11.3 Å². The Kier molecular flexibility index (Phi) is 6.65. The first-order valence-corrected chi connectivity index (χ1v) is 11.5. The molecule has 2 N–H and O–H groups in total. The van der Waals surface area contributed by atoms with E-state index in [9.17, 15) is 14.4 Å². The summed E-state index contributed by atoms with van der Waals surface area (Å²) in [6.07, 6.45) is 2.29. The molecule has 33 heavy (non-hydrogen) atoms. The number of benzene rings is 2. The zero-order valence-corrected chi connectivity index (χ0v) is 19.0. The maximum atomic E-state index is 13.2. The zero-order chi connectivity index (χ0) is 23.4. The summed E-state index contributed by atoms with van der Waals surface area (Å²) < 4.78 is 5.51. The predicted molar refractivity (Wildman–Crippen MR) is 123 cm³/mol. The van der Waals surface area contributed by atoms with Crippen LogP contribution < -0.4 is 15.5 Å². The van der Waals surface area contributed by atoms with Crippen molar-refractivity contribution in [2.45, 2.75) is 44.7 Å². The molecule has 0 saturated carbocycles. The van der Waals surface area contributed by atoms with E-state index < -0.39 is 23.4 Å². The van der Waals surface area contributed by atoms with Gasteiger partial charge in [0.2, 0.25) is 0 Å². The highest BCUT2D eigenvalue weighted by Crippen LogP contribution is 2.33. The average Bonchev–Trinajstić information content (AvgIpc) is 3.38. The fourth-order valence-electron chi connectivity index (χ4n) is 4.73. The largest absolute Gasteiger partial charge is 0.494 e. The van der Waals surface area contributed by atoms with Gasteiger partial charge in [0.05, 0.1) is 13.2 Å². The second kappa shape index (κ2) is 9.62. The standard InChI is InChI=1S/C25H30N4O4/c1-3-25(19-9-6-5-7-10-19)23(31)29(24(32)26-25)27-22(30)17-28-16-8-11-21(28)18-12-14-20(15-13-18)33-4-2/h5-7,9-10,12-15,21H,3-4,8,11,16-17H2,1-2H3,(H,26,32)(H,27,30). The number of nitrogens with one attached hydrogen (secondary N) is 2. The highest BCUT2D eigenvalue weighted by molar-refractivity contribution is 6.08. The minimum Gasteiger partial charge on any atom is -0.494 e. The quantitative estimate of drug-likeness (QED) is 0.603. The van der Waals surface area contributed by atoms with E-state index in [4.69, 9.17) is 4.74 Å². The third-order valence-corrected chi connectivity index (χ3v) is 6.41. The summed E-state index contributed by atoms with van der Waals surface area (Å²) in [5.41, 5.74) is 3.17. The lowest BCUT2D eigenvalue weighted by Crippen LogP contribution is -2.51. The van der Waals surface area contributed by atoms with Crippen molar-refractivity contribution in [3.8, 4) is 5.75 Å². The lowest BCUT2D eigenvalue weighted by atomic mass is 9.87. The van der Waals surface area contributed by atoms with Crippen molar-refractivity contribution in [1.82, 2.24) is 20.7 Å². The van der Waals surface area contributed by atoms with E-state index in [1.54, 1.807) is 12.1 Å². The molecule has 2 atom stereocenters. The Balaban J connectivity index is 1.43. The summed E-state index contributed by atoms with van der Waals surface area (Å²) >= 11 is 0. The molecular formula is C25H30N4O4. The van der Waals surface area contributed by atoms with Crippen LogP contribution in [0.2, 0.25) is 0 Å². The van der Waals surface area contributed by atoms with Crippen LogP contribution in [0.5, 0.6) is 5.75 Å². The Morgan fingerprint density at radius 1 is 1.12 bits per heavy atom. The Bertz CT molecular complexity index is 1010. The van der Waals surface area contributed by atoms with E-state index >= 15 is 0 Å². The van der Waals surface area contributed by atoms with Crippen LogP contribution in [0.4, 0.5) is 4.79 Å². The summed E-state index contributed by atoms with van der Waals surface area (Å²) in [5.74, 6) is -0.0461. The van der Waals surface area contributed by atoms with Gasteiger partial charge in [0, 0.05) is 6.04 Å². The molecular weight excluding hydrogens is 420 g/mol. The Morgan fingerprint density at radius 2 is 1.85 bits per heavy atom. The number of imide groups is 1. The van der Waals surface area contributed by atoms with Crippen LogP contribution in [0.3, 0.4) is 0 Å². The van der Waals surface area contributed by atoms with Gasteiger partial charge in [-0.2, -0.15) is 5.01 Å². The molecule has 174 valence electrons. The van der Waals surface area contributed by atoms with E-state index in [0.717, 1.165) is 35.7 Å². The molecule has 4 amide bonds. The molecule has 0 spiro atoms. The highest BCUT2D eigenvalue weighted by atomic mass is 16.5. The first-order valence-electron chi connectivity index (χ1n) is 11.5. The van der Waals surface area contributed by atoms with Gasteiger partial charge >= 0.3 is 6.03 Å². The van der Waals surface area contributed by atoms with Gasteiger partial charge < -0.3 is 10.1 Å². The van der Waals surface area contributed by atoms with Crippen molar-refractivity contribution in [2.75, 3.05) is 19.7 Å². The van der Waals surface area contributed by atoms with Gasteiger partial charge in [-0.15, -0.1) is 0 Å². The van der Waals surface area contributed by atoms with Crippen molar-refractivity contribution in [3.05, 3.63) is 65.7 Å². The van der Waals surface area contributed by atoms with E-state index in [-0.39, 0.29) is 12.6 Å². The molecule has 8 heteroatoms. The topological polar surface area (TPSA) is 91.0 Å².